The van der Waals surface area contributed by atoms with Crippen LogP contribution >= 0.6 is 0 Å². The van der Waals surface area contributed by atoms with E-state index in [9.17, 15) is 0 Å². The van der Waals surface area contributed by atoms with Gasteiger partial charge >= 0.3 is 0 Å². The maximum atomic E-state index is 6.09. The van der Waals surface area contributed by atoms with Gasteiger partial charge in [-0.05, 0) is 19.3 Å². The van der Waals surface area contributed by atoms with Gasteiger partial charge in [0.2, 0.25) is 0 Å². The minimum Gasteiger partial charge on any atom is -0.326 e. The smallest absolute Gasteiger partial charge is 0.136 e. The van der Waals surface area contributed by atoms with Crippen molar-refractivity contribution in [1.82, 2.24) is 14.8 Å². The summed E-state index contributed by atoms with van der Waals surface area (Å²) in [5, 5.41) is 8.86. The van der Waals surface area contributed by atoms with E-state index in [0.717, 1.165) is 25.2 Å². The molecule has 1 aromatic heterocycles. The van der Waals surface area contributed by atoms with E-state index in [-0.39, 0.29) is 0 Å². The Morgan fingerprint density at radius 2 is 1.67 bits per heavy atom. The molecule has 1 aliphatic heterocycles. The van der Waals surface area contributed by atoms with E-state index in [2.05, 4.69) is 14.8 Å². The van der Waals surface area contributed by atoms with Crippen LogP contribution in [-0.2, 0) is 13.0 Å². The van der Waals surface area contributed by atoms with E-state index in [1.807, 2.05) is 0 Å². The average Bonchev–Trinajstić information content (AvgIpc) is 2.72. The molecule has 2 heterocycles. The van der Waals surface area contributed by atoms with Gasteiger partial charge in [0.15, 0.2) is 0 Å². The van der Waals surface area contributed by atoms with Gasteiger partial charge in [0.05, 0.1) is 0 Å². The number of hydrogen-bond donors (Lipinski definition) is 1. The highest BCUT2D eigenvalue weighted by atomic mass is 15.3. The van der Waals surface area contributed by atoms with E-state index >= 15 is 0 Å². The topological polar surface area (TPSA) is 56.7 Å². The lowest BCUT2D eigenvalue weighted by atomic mass is 9.90. The molecule has 2 N–H and O–H groups in total. The van der Waals surface area contributed by atoms with Crippen LogP contribution in [0.25, 0.3) is 0 Å². The molecule has 1 unspecified atom stereocenters. The van der Waals surface area contributed by atoms with Crippen LogP contribution in [0.5, 0.6) is 0 Å². The zero-order chi connectivity index (χ0) is 12.4. The van der Waals surface area contributed by atoms with Crippen LogP contribution in [0.4, 0.5) is 0 Å². The van der Waals surface area contributed by atoms with Gasteiger partial charge in [0.25, 0.3) is 0 Å². The molecule has 100 valence electrons. The second-order valence-corrected chi connectivity index (χ2v) is 5.93. The Bertz CT molecular complexity index is 390. The van der Waals surface area contributed by atoms with Crippen molar-refractivity contribution in [3.05, 3.63) is 11.6 Å². The third kappa shape index (κ3) is 2.44. The van der Waals surface area contributed by atoms with E-state index in [1.54, 1.807) is 0 Å². The van der Waals surface area contributed by atoms with Gasteiger partial charge < -0.3 is 10.3 Å². The van der Waals surface area contributed by atoms with Crippen LogP contribution in [0.15, 0.2) is 0 Å². The Hall–Kier alpha value is -0.900. The van der Waals surface area contributed by atoms with Gasteiger partial charge in [-0.3, -0.25) is 0 Å². The van der Waals surface area contributed by atoms with Crippen LogP contribution in [0.1, 0.15) is 68.9 Å². The van der Waals surface area contributed by atoms with Crippen LogP contribution in [0.3, 0.4) is 0 Å². The second kappa shape index (κ2) is 5.39. The molecular formula is C14H24N4. The molecule has 1 fully saturated rings. The summed E-state index contributed by atoms with van der Waals surface area (Å²) in [6.45, 7) is 0.925. The largest absolute Gasteiger partial charge is 0.326 e. The molecule has 4 heteroatoms. The minimum atomic E-state index is 0.292. The molecule has 1 aliphatic carbocycles. The standard InChI is InChI=1S/C14H24N4/c15-12-8-9-13-16-17-14(18(13)10-12)11-6-4-2-1-3-5-7-11/h11-12H,1-10,15H2. The molecule has 3 rings (SSSR count). The van der Waals surface area contributed by atoms with Crippen molar-refractivity contribution >= 4 is 0 Å². The number of aryl methyl sites for hydroxylation is 1. The summed E-state index contributed by atoms with van der Waals surface area (Å²) < 4.78 is 2.32. The molecule has 1 atom stereocenters. The number of fused-ring (bicyclic) bond motifs is 1. The molecule has 1 aromatic rings. The molecule has 0 spiro atoms. The third-order valence-electron chi connectivity index (χ3n) is 4.48. The lowest BCUT2D eigenvalue weighted by molar-refractivity contribution is 0.398. The molecular weight excluding hydrogens is 224 g/mol. The quantitative estimate of drug-likeness (QED) is 0.830. The Kier molecular flexibility index (Phi) is 3.64. The number of nitrogens with zero attached hydrogens (tertiary/aromatic N) is 3. The first kappa shape index (κ1) is 12.2. The first-order valence-corrected chi connectivity index (χ1v) is 7.52. The summed E-state index contributed by atoms with van der Waals surface area (Å²) in [7, 11) is 0. The zero-order valence-electron chi connectivity index (χ0n) is 11.1. The van der Waals surface area contributed by atoms with Crippen molar-refractivity contribution in [2.75, 3.05) is 0 Å². The summed E-state index contributed by atoms with van der Waals surface area (Å²) in [6.07, 6.45) is 11.5. The Labute approximate surface area is 109 Å². The minimum absolute atomic E-state index is 0.292. The van der Waals surface area contributed by atoms with Gasteiger partial charge in [-0.15, -0.1) is 10.2 Å². The fourth-order valence-corrected chi connectivity index (χ4v) is 3.39. The first-order valence-electron chi connectivity index (χ1n) is 7.52. The van der Waals surface area contributed by atoms with Gasteiger partial charge in [0.1, 0.15) is 11.6 Å². The second-order valence-electron chi connectivity index (χ2n) is 5.93. The molecule has 0 amide bonds. The number of hydrogen-bond acceptors (Lipinski definition) is 3. The molecule has 0 aromatic carbocycles. The Balaban J connectivity index is 1.80. The van der Waals surface area contributed by atoms with E-state index in [4.69, 9.17) is 5.73 Å². The van der Waals surface area contributed by atoms with Gasteiger partial charge in [-0.1, -0.05) is 32.1 Å². The summed E-state index contributed by atoms with van der Waals surface area (Å²) in [5.74, 6) is 3.01. The average molecular weight is 248 g/mol. The fraction of sp³-hybridized carbons (Fsp3) is 0.857. The zero-order valence-corrected chi connectivity index (χ0v) is 11.1. The number of nitrogens with two attached hydrogens (primary N) is 1. The van der Waals surface area contributed by atoms with Gasteiger partial charge in [0, 0.05) is 24.9 Å². The van der Waals surface area contributed by atoms with Crippen LogP contribution in [0.2, 0.25) is 0 Å². The Morgan fingerprint density at radius 1 is 0.944 bits per heavy atom. The van der Waals surface area contributed by atoms with Crippen molar-refractivity contribution in [3.8, 4) is 0 Å². The van der Waals surface area contributed by atoms with Crippen molar-refractivity contribution in [2.24, 2.45) is 5.73 Å². The SMILES string of the molecule is NC1CCc2nnc(C3CCCCCCC3)n2C1. The van der Waals surface area contributed by atoms with Crippen LogP contribution in [0, 0.1) is 0 Å². The highest BCUT2D eigenvalue weighted by Crippen LogP contribution is 2.31. The maximum absolute atomic E-state index is 6.09. The highest BCUT2D eigenvalue weighted by Gasteiger charge is 2.25. The molecule has 0 saturated heterocycles. The summed E-state index contributed by atoms with van der Waals surface area (Å²) in [4.78, 5) is 0. The molecule has 2 aliphatic rings. The monoisotopic (exact) mass is 248 g/mol. The third-order valence-corrected chi connectivity index (χ3v) is 4.48. The van der Waals surface area contributed by atoms with Crippen LogP contribution in [-0.4, -0.2) is 20.8 Å². The van der Waals surface area contributed by atoms with Crippen molar-refractivity contribution in [1.29, 1.82) is 0 Å². The first-order chi connectivity index (χ1) is 8.84. The molecule has 18 heavy (non-hydrogen) atoms. The lowest BCUT2D eigenvalue weighted by Gasteiger charge is -2.24. The molecule has 0 bridgehead atoms. The van der Waals surface area contributed by atoms with Gasteiger partial charge in [-0.25, -0.2) is 0 Å². The summed E-state index contributed by atoms with van der Waals surface area (Å²) in [5.41, 5.74) is 6.09. The molecule has 1 saturated carbocycles. The Morgan fingerprint density at radius 3 is 2.44 bits per heavy atom. The van der Waals surface area contributed by atoms with Gasteiger partial charge in [-0.2, -0.15) is 0 Å². The predicted molar refractivity (Wildman–Crippen MR) is 71.4 cm³/mol. The molecule has 4 nitrogen and oxygen atoms in total. The van der Waals surface area contributed by atoms with E-state index in [0.29, 0.717) is 12.0 Å². The maximum Gasteiger partial charge on any atom is 0.136 e. The number of rotatable bonds is 1. The van der Waals surface area contributed by atoms with E-state index < -0.39 is 0 Å². The van der Waals surface area contributed by atoms with Crippen LogP contribution < -0.4 is 5.73 Å². The van der Waals surface area contributed by atoms with Crippen molar-refractivity contribution < 1.29 is 0 Å². The predicted octanol–water partition coefficient (Wildman–Crippen LogP) is 2.38. The summed E-state index contributed by atoms with van der Waals surface area (Å²) in [6, 6.07) is 0.292. The summed E-state index contributed by atoms with van der Waals surface area (Å²) >= 11 is 0. The lowest BCUT2D eigenvalue weighted by Crippen LogP contribution is -2.33. The number of aromatic nitrogens is 3. The normalized spacial score (nSPS) is 26.4. The van der Waals surface area contributed by atoms with Crippen molar-refractivity contribution in [3.63, 3.8) is 0 Å². The van der Waals surface area contributed by atoms with Crippen molar-refractivity contribution in [2.45, 2.75) is 76.3 Å². The molecule has 0 radical (unpaired) electrons. The van der Waals surface area contributed by atoms with E-state index in [1.165, 1.54) is 50.8 Å². The fourth-order valence-electron chi connectivity index (χ4n) is 3.39. The highest BCUT2D eigenvalue weighted by molar-refractivity contribution is 5.06.